The molecule has 4 rings (SSSR count). The van der Waals surface area contributed by atoms with Gasteiger partial charge in [-0.15, -0.1) is 5.10 Å². The van der Waals surface area contributed by atoms with Crippen LogP contribution in [0.3, 0.4) is 0 Å². The van der Waals surface area contributed by atoms with Crippen LogP contribution in [0.4, 0.5) is 0 Å². The van der Waals surface area contributed by atoms with E-state index >= 15 is 0 Å². The highest BCUT2D eigenvalue weighted by Gasteiger charge is 2.29. The van der Waals surface area contributed by atoms with Crippen LogP contribution in [0.15, 0.2) is 54.6 Å². The Morgan fingerprint density at radius 1 is 1.19 bits per heavy atom. The third-order valence-corrected chi connectivity index (χ3v) is 5.28. The summed E-state index contributed by atoms with van der Waals surface area (Å²) in [5.74, 6) is 0.703. The topological polar surface area (TPSA) is 64.6 Å². The fraction of sp³-hybridized carbons (Fsp3) is 0.250. The summed E-state index contributed by atoms with van der Waals surface area (Å²) in [6, 6.07) is 17.5. The second kappa shape index (κ2) is 7.85. The third kappa shape index (κ3) is 3.70. The van der Waals surface area contributed by atoms with Gasteiger partial charge in [-0.2, -0.15) is 0 Å². The van der Waals surface area contributed by atoms with Crippen molar-refractivity contribution in [1.29, 1.82) is 0 Å². The van der Waals surface area contributed by atoms with Gasteiger partial charge in [0.1, 0.15) is 22.4 Å². The molecule has 1 amide bonds. The highest BCUT2D eigenvalue weighted by Crippen LogP contribution is 2.29. The van der Waals surface area contributed by atoms with Gasteiger partial charge in [-0.3, -0.25) is 4.79 Å². The molecule has 0 spiro atoms. The molecule has 1 aromatic heterocycles. The van der Waals surface area contributed by atoms with E-state index in [0.717, 1.165) is 28.4 Å². The molecule has 27 heavy (non-hydrogen) atoms. The molecule has 1 aliphatic rings. The van der Waals surface area contributed by atoms with Crippen LogP contribution in [0.1, 0.15) is 21.3 Å². The first-order valence-electron chi connectivity index (χ1n) is 8.69. The average molecular weight is 381 g/mol. The SMILES string of the molecule is COc1ccc(-c2nnsc2C(=O)N2CCO[C@@H](c3ccccc3)C2)cc1. The number of hydrogen-bond acceptors (Lipinski definition) is 6. The molecule has 0 saturated carbocycles. The van der Waals surface area contributed by atoms with Crippen LogP contribution in [-0.2, 0) is 4.74 Å². The van der Waals surface area contributed by atoms with Crippen LogP contribution in [0.25, 0.3) is 11.3 Å². The zero-order valence-corrected chi connectivity index (χ0v) is 15.7. The van der Waals surface area contributed by atoms with Gasteiger partial charge in [0.15, 0.2) is 0 Å². The molecule has 2 heterocycles. The molecule has 2 aromatic carbocycles. The van der Waals surface area contributed by atoms with Crippen molar-refractivity contribution in [3.05, 3.63) is 65.0 Å². The van der Waals surface area contributed by atoms with Gasteiger partial charge in [-0.25, -0.2) is 0 Å². The lowest BCUT2D eigenvalue weighted by Gasteiger charge is -2.33. The monoisotopic (exact) mass is 381 g/mol. The molecule has 1 saturated heterocycles. The second-order valence-electron chi connectivity index (χ2n) is 6.20. The molecule has 0 aliphatic carbocycles. The number of ether oxygens (including phenoxy) is 2. The first-order valence-corrected chi connectivity index (χ1v) is 9.46. The van der Waals surface area contributed by atoms with Gasteiger partial charge in [0, 0.05) is 12.1 Å². The van der Waals surface area contributed by atoms with Gasteiger partial charge in [0.25, 0.3) is 5.91 Å². The number of hydrogen-bond donors (Lipinski definition) is 0. The van der Waals surface area contributed by atoms with Crippen LogP contribution in [0.5, 0.6) is 5.75 Å². The average Bonchev–Trinajstić information content (AvgIpc) is 3.24. The smallest absolute Gasteiger partial charge is 0.268 e. The van der Waals surface area contributed by atoms with Crippen LogP contribution in [0, 0.1) is 0 Å². The van der Waals surface area contributed by atoms with Gasteiger partial charge in [-0.1, -0.05) is 34.8 Å². The Hall–Kier alpha value is -2.77. The summed E-state index contributed by atoms with van der Waals surface area (Å²) in [5.41, 5.74) is 2.53. The Morgan fingerprint density at radius 3 is 2.70 bits per heavy atom. The summed E-state index contributed by atoms with van der Waals surface area (Å²) < 4.78 is 15.1. The van der Waals surface area contributed by atoms with E-state index in [0.29, 0.717) is 30.3 Å². The summed E-state index contributed by atoms with van der Waals surface area (Å²) in [7, 11) is 1.62. The molecule has 1 fully saturated rings. The normalized spacial score (nSPS) is 16.9. The largest absolute Gasteiger partial charge is 0.497 e. The molecule has 1 atom stereocenters. The Balaban J connectivity index is 1.55. The number of carbonyl (C=O) groups is 1. The number of aromatic nitrogens is 2. The highest BCUT2D eigenvalue weighted by atomic mass is 32.1. The van der Waals surface area contributed by atoms with E-state index < -0.39 is 0 Å². The van der Waals surface area contributed by atoms with Crippen molar-refractivity contribution < 1.29 is 14.3 Å². The van der Waals surface area contributed by atoms with Gasteiger partial charge in [0.05, 0.1) is 20.3 Å². The van der Waals surface area contributed by atoms with E-state index in [9.17, 15) is 4.79 Å². The number of amides is 1. The zero-order valence-electron chi connectivity index (χ0n) is 14.9. The van der Waals surface area contributed by atoms with Gasteiger partial charge in [-0.05, 0) is 41.4 Å². The maximum absolute atomic E-state index is 13.1. The van der Waals surface area contributed by atoms with E-state index in [-0.39, 0.29) is 12.0 Å². The molecule has 3 aromatic rings. The molecule has 7 heteroatoms. The molecule has 0 radical (unpaired) electrons. The maximum atomic E-state index is 13.1. The molecule has 138 valence electrons. The summed E-state index contributed by atoms with van der Waals surface area (Å²) in [6.07, 6.45) is -0.116. The van der Waals surface area contributed by atoms with Gasteiger partial charge < -0.3 is 14.4 Å². The minimum absolute atomic E-state index is 0.0555. The number of methoxy groups -OCH3 is 1. The van der Waals surface area contributed by atoms with Crippen molar-refractivity contribution in [2.45, 2.75) is 6.10 Å². The maximum Gasteiger partial charge on any atom is 0.268 e. The Bertz CT molecular complexity index is 912. The number of rotatable bonds is 4. The van der Waals surface area contributed by atoms with Crippen molar-refractivity contribution in [3.63, 3.8) is 0 Å². The quantitative estimate of drug-likeness (QED) is 0.693. The first-order chi connectivity index (χ1) is 13.3. The standard InChI is InChI=1S/C20H19N3O3S/c1-25-16-9-7-15(8-10-16)18-19(27-22-21-18)20(24)23-11-12-26-17(13-23)14-5-3-2-4-6-14/h2-10,17H,11-13H2,1H3/t17-/m1/s1. The van der Waals surface area contributed by atoms with Crippen molar-refractivity contribution in [1.82, 2.24) is 14.5 Å². The molecule has 6 nitrogen and oxygen atoms in total. The van der Waals surface area contributed by atoms with Crippen molar-refractivity contribution in [3.8, 4) is 17.0 Å². The van der Waals surface area contributed by atoms with E-state index in [2.05, 4.69) is 9.59 Å². The fourth-order valence-electron chi connectivity index (χ4n) is 3.12. The van der Waals surface area contributed by atoms with Crippen LogP contribution in [-0.4, -0.2) is 47.2 Å². The molecular formula is C20H19N3O3S. The van der Waals surface area contributed by atoms with Crippen molar-refractivity contribution in [2.75, 3.05) is 26.8 Å². The number of nitrogens with zero attached hydrogens (tertiary/aromatic N) is 3. The molecule has 0 N–H and O–H groups in total. The van der Waals surface area contributed by atoms with E-state index in [1.165, 1.54) is 0 Å². The van der Waals surface area contributed by atoms with Crippen molar-refractivity contribution >= 4 is 17.4 Å². The number of benzene rings is 2. The summed E-state index contributed by atoms with van der Waals surface area (Å²) >= 11 is 1.13. The van der Waals surface area contributed by atoms with Crippen LogP contribution >= 0.6 is 11.5 Å². The van der Waals surface area contributed by atoms with E-state index in [4.69, 9.17) is 9.47 Å². The Morgan fingerprint density at radius 2 is 1.96 bits per heavy atom. The first kappa shape index (κ1) is 17.6. The molecule has 0 bridgehead atoms. The minimum Gasteiger partial charge on any atom is -0.497 e. The summed E-state index contributed by atoms with van der Waals surface area (Å²) in [5, 5.41) is 4.18. The Labute approximate surface area is 161 Å². The summed E-state index contributed by atoms with van der Waals surface area (Å²) in [4.78, 5) is 15.5. The van der Waals surface area contributed by atoms with Crippen LogP contribution in [0.2, 0.25) is 0 Å². The molecular weight excluding hydrogens is 362 g/mol. The lowest BCUT2D eigenvalue weighted by atomic mass is 10.1. The lowest BCUT2D eigenvalue weighted by molar-refractivity contribution is -0.0226. The highest BCUT2D eigenvalue weighted by molar-refractivity contribution is 7.08. The second-order valence-corrected chi connectivity index (χ2v) is 6.95. The zero-order chi connectivity index (χ0) is 18.6. The van der Waals surface area contributed by atoms with E-state index in [1.807, 2.05) is 59.5 Å². The molecule has 0 unspecified atom stereocenters. The number of morpholine rings is 1. The third-order valence-electron chi connectivity index (χ3n) is 4.57. The van der Waals surface area contributed by atoms with E-state index in [1.54, 1.807) is 7.11 Å². The predicted octanol–water partition coefficient (Wildman–Crippen LogP) is 3.43. The summed E-state index contributed by atoms with van der Waals surface area (Å²) in [6.45, 7) is 1.58. The van der Waals surface area contributed by atoms with Crippen LogP contribution < -0.4 is 4.74 Å². The van der Waals surface area contributed by atoms with Gasteiger partial charge in [0.2, 0.25) is 0 Å². The van der Waals surface area contributed by atoms with Crippen molar-refractivity contribution in [2.24, 2.45) is 0 Å². The molecule has 1 aliphatic heterocycles. The fourth-order valence-corrected chi connectivity index (χ4v) is 3.77. The predicted molar refractivity (Wildman–Crippen MR) is 103 cm³/mol. The Kier molecular flexibility index (Phi) is 5.13. The van der Waals surface area contributed by atoms with Gasteiger partial charge >= 0.3 is 0 Å². The lowest BCUT2D eigenvalue weighted by Crippen LogP contribution is -2.42. The number of carbonyl (C=O) groups excluding carboxylic acids is 1. The minimum atomic E-state index is -0.116.